The number of aryl methyl sites for hydroxylation is 2. The molecule has 1 amide bonds. The van der Waals surface area contributed by atoms with Crippen molar-refractivity contribution in [2.45, 2.75) is 20.4 Å². The lowest BCUT2D eigenvalue weighted by molar-refractivity contribution is 0.0950. The molecule has 0 spiro atoms. The van der Waals surface area contributed by atoms with Crippen molar-refractivity contribution in [3.05, 3.63) is 87.6 Å². The zero-order valence-electron chi connectivity index (χ0n) is 15.2. The molecular formula is C21H17ClF2N2O2. The molecular weight excluding hydrogens is 386 g/mol. The Labute approximate surface area is 166 Å². The van der Waals surface area contributed by atoms with Gasteiger partial charge in [-0.3, -0.25) is 4.79 Å². The number of hydrogen-bond donors (Lipinski definition) is 1. The minimum Gasteiger partial charge on any atom is -0.439 e. The largest absolute Gasteiger partial charge is 0.439 e. The van der Waals surface area contributed by atoms with Crippen LogP contribution < -0.4 is 10.1 Å². The summed E-state index contributed by atoms with van der Waals surface area (Å²) in [5.74, 6) is -1.82. The van der Waals surface area contributed by atoms with Crippen molar-refractivity contribution in [1.82, 2.24) is 10.3 Å². The molecule has 0 saturated heterocycles. The van der Waals surface area contributed by atoms with E-state index in [1.54, 1.807) is 18.3 Å². The van der Waals surface area contributed by atoms with E-state index in [0.29, 0.717) is 11.6 Å². The Bertz CT molecular complexity index is 1040. The summed E-state index contributed by atoms with van der Waals surface area (Å²) in [6.07, 6.45) is 1.56. The van der Waals surface area contributed by atoms with Crippen LogP contribution in [-0.4, -0.2) is 10.9 Å². The highest BCUT2D eigenvalue weighted by Gasteiger charge is 2.15. The third-order valence-corrected chi connectivity index (χ3v) is 4.52. The summed E-state index contributed by atoms with van der Waals surface area (Å²) in [5, 5.41) is 2.45. The second kappa shape index (κ2) is 8.35. The molecule has 0 aliphatic heterocycles. The number of amides is 1. The molecule has 2 aromatic carbocycles. The monoisotopic (exact) mass is 402 g/mol. The third-order valence-electron chi connectivity index (χ3n) is 4.21. The van der Waals surface area contributed by atoms with Crippen LogP contribution in [0.4, 0.5) is 8.78 Å². The van der Waals surface area contributed by atoms with Crippen LogP contribution in [0.2, 0.25) is 5.02 Å². The van der Waals surface area contributed by atoms with Crippen LogP contribution in [-0.2, 0) is 6.54 Å². The normalized spacial score (nSPS) is 10.6. The number of nitrogens with zero attached hydrogens (tertiary/aromatic N) is 1. The van der Waals surface area contributed by atoms with Gasteiger partial charge in [0.15, 0.2) is 11.6 Å². The lowest BCUT2D eigenvalue weighted by Crippen LogP contribution is -2.23. The molecule has 144 valence electrons. The van der Waals surface area contributed by atoms with Gasteiger partial charge in [-0.25, -0.2) is 13.8 Å². The van der Waals surface area contributed by atoms with E-state index in [4.69, 9.17) is 16.3 Å². The second-order valence-corrected chi connectivity index (χ2v) is 6.69. The van der Waals surface area contributed by atoms with Crippen LogP contribution in [0.5, 0.6) is 11.6 Å². The van der Waals surface area contributed by atoms with Gasteiger partial charge in [0.25, 0.3) is 5.91 Å². The van der Waals surface area contributed by atoms with Gasteiger partial charge in [0, 0.05) is 18.8 Å². The molecule has 0 atom stereocenters. The SMILES string of the molecule is Cc1ccc(Oc2cc(CNC(=O)c3cc(F)c(F)cc3Cl)ccn2)cc1C. The maximum atomic E-state index is 13.4. The number of benzene rings is 2. The third kappa shape index (κ3) is 4.64. The van der Waals surface area contributed by atoms with Gasteiger partial charge in [0.05, 0.1) is 10.6 Å². The molecule has 1 N–H and O–H groups in total. The van der Waals surface area contributed by atoms with E-state index >= 15 is 0 Å². The molecule has 0 radical (unpaired) electrons. The van der Waals surface area contributed by atoms with Gasteiger partial charge >= 0.3 is 0 Å². The summed E-state index contributed by atoms with van der Waals surface area (Å²) in [6, 6.07) is 10.7. The highest BCUT2D eigenvalue weighted by molar-refractivity contribution is 6.33. The predicted octanol–water partition coefficient (Wildman–Crippen LogP) is 5.35. The minimum atomic E-state index is -1.14. The van der Waals surface area contributed by atoms with Gasteiger partial charge < -0.3 is 10.1 Å². The second-order valence-electron chi connectivity index (χ2n) is 6.28. The summed E-state index contributed by atoms with van der Waals surface area (Å²) < 4.78 is 32.2. The van der Waals surface area contributed by atoms with Crippen molar-refractivity contribution in [2.24, 2.45) is 0 Å². The molecule has 0 aliphatic rings. The van der Waals surface area contributed by atoms with Crippen LogP contribution in [0.1, 0.15) is 27.0 Å². The summed E-state index contributed by atoms with van der Waals surface area (Å²) in [4.78, 5) is 16.4. The molecule has 0 bridgehead atoms. The molecule has 0 unspecified atom stereocenters. The lowest BCUT2D eigenvalue weighted by atomic mass is 10.1. The summed E-state index contributed by atoms with van der Waals surface area (Å²) in [7, 11) is 0. The molecule has 28 heavy (non-hydrogen) atoms. The van der Waals surface area contributed by atoms with Gasteiger partial charge in [-0.1, -0.05) is 17.7 Å². The Morgan fingerprint density at radius 1 is 1.07 bits per heavy atom. The molecule has 0 fully saturated rings. The van der Waals surface area contributed by atoms with Crippen molar-refractivity contribution in [3.8, 4) is 11.6 Å². The lowest BCUT2D eigenvalue weighted by Gasteiger charge is -2.10. The van der Waals surface area contributed by atoms with E-state index in [1.807, 2.05) is 32.0 Å². The molecule has 0 saturated carbocycles. The topological polar surface area (TPSA) is 51.2 Å². The minimum absolute atomic E-state index is 0.138. The average molecular weight is 403 g/mol. The van der Waals surface area contributed by atoms with Gasteiger partial charge in [0.2, 0.25) is 5.88 Å². The first-order valence-corrected chi connectivity index (χ1v) is 8.84. The fraction of sp³-hybridized carbons (Fsp3) is 0.143. The van der Waals surface area contributed by atoms with Crippen LogP contribution in [0.25, 0.3) is 0 Å². The van der Waals surface area contributed by atoms with Crippen molar-refractivity contribution >= 4 is 17.5 Å². The number of hydrogen-bond acceptors (Lipinski definition) is 3. The highest BCUT2D eigenvalue weighted by Crippen LogP contribution is 2.23. The summed E-state index contributed by atoms with van der Waals surface area (Å²) >= 11 is 5.82. The maximum Gasteiger partial charge on any atom is 0.253 e. The zero-order chi connectivity index (χ0) is 20.3. The predicted molar refractivity (Wildman–Crippen MR) is 103 cm³/mol. The fourth-order valence-corrected chi connectivity index (χ4v) is 2.72. The highest BCUT2D eigenvalue weighted by atomic mass is 35.5. The quantitative estimate of drug-likeness (QED) is 0.585. The van der Waals surface area contributed by atoms with Crippen molar-refractivity contribution < 1.29 is 18.3 Å². The first-order valence-electron chi connectivity index (χ1n) is 8.46. The fourth-order valence-electron chi connectivity index (χ4n) is 2.49. The van der Waals surface area contributed by atoms with E-state index in [0.717, 1.165) is 28.8 Å². The molecule has 0 aliphatic carbocycles. The number of pyridine rings is 1. The van der Waals surface area contributed by atoms with Crippen LogP contribution in [0, 0.1) is 25.5 Å². The smallest absolute Gasteiger partial charge is 0.253 e. The van der Waals surface area contributed by atoms with Crippen molar-refractivity contribution in [2.75, 3.05) is 0 Å². The van der Waals surface area contributed by atoms with E-state index in [1.165, 1.54) is 0 Å². The van der Waals surface area contributed by atoms with Crippen LogP contribution in [0.15, 0.2) is 48.7 Å². The summed E-state index contributed by atoms with van der Waals surface area (Å²) in [5.41, 5.74) is 2.85. The van der Waals surface area contributed by atoms with E-state index in [-0.39, 0.29) is 17.1 Å². The number of halogens is 3. The molecule has 1 aromatic heterocycles. The standard InChI is InChI=1S/C21H17ClF2N2O2/c1-12-3-4-15(7-13(12)2)28-20-8-14(5-6-25-20)11-26-21(27)16-9-18(23)19(24)10-17(16)22/h3-10H,11H2,1-2H3,(H,26,27). The first kappa shape index (κ1) is 19.8. The maximum absolute atomic E-state index is 13.4. The van der Waals surface area contributed by atoms with E-state index < -0.39 is 17.5 Å². The Kier molecular flexibility index (Phi) is 5.90. The molecule has 1 heterocycles. The molecule has 3 rings (SSSR count). The number of rotatable bonds is 5. The number of carbonyl (C=O) groups is 1. The van der Waals surface area contributed by atoms with Crippen LogP contribution >= 0.6 is 11.6 Å². The Balaban J connectivity index is 1.68. The van der Waals surface area contributed by atoms with Crippen LogP contribution in [0.3, 0.4) is 0 Å². The van der Waals surface area contributed by atoms with Gasteiger partial charge in [-0.2, -0.15) is 0 Å². The number of carbonyl (C=O) groups excluding carboxylic acids is 1. The Hall–Kier alpha value is -2.99. The average Bonchev–Trinajstić information content (AvgIpc) is 2.66. The van der Waals surface area contributed by atoms with Gasteiger partial charge in [-0.15, -0.1) is 0 Å². The number of nitrogens with one attached hydrogen (secondary N) is 1. The van der Waals surface area contributed by atoms with Crippen molar-refractivity contribution in [1.29, 1.82) is 0 Å². The van der Waals surface area contributed by atoms with E-state index in [2.05, 4.69) is 10.3 Å². The van der Waals surface area contributed by atoms with Gasteiger partial charge in [0.1, 0.15) is 5.75 Å². The Morgan fingerprint density at radius 3 is 2.57 bits per heavy atom. The number of aromatic nitrogens is 1. The van der Waals surface area contributed by atoms with Gasteiger partial charge in [-0.05, 0) is 60.9 Å². The molecule has 7 heteroatoms. The first-order chi connectivity index (χ1) is 13.3. The van der Waals surface area contributed by atoms with Crippen molar-refractivity contribution in [3.63, 3.8) is 0 Å². The number of ether oxygens (including phenoxy) is 1. The summed E-state index contributed by atoms with van der Waals surface area (Å²) in [6.45, 7) is 4.14. The zero-order valence-corrected chi connectivity index (χ0v) is 16.0. The molecule has 4 nitrogen and oxygen atoms in total. The Morgan fingerprint density at radius 2 is 1.82 bits per heavy atom. The van der Waals surface area contributed by atoms with E-state index in [9.17, 15) is 13.6 Å². The molecule has 3 aromatic rings.